The number of hydrogen-bond donors (Lipinski definition) is 0. The van der Waals surface area contributed by atoms with Crippen LogP contribution in [0, 0.1) is 0 Å². The largest absolute Gasteiger partial charge is 0.378 e. The van der Waals surface area contributed by atoms with Crippen molar-refractivity contribution in [2.75, 3.05) is 26.0 Å². The summed E-state index contributed by atoms with van der Waals surface area (Å²) in [5, 5.41) is 0. The van der Waals surface area contributed by atoms with E-state index < -0.39 is 10.0 Å². The van der Waals surface area contributed by atoms with Gasteiger partial charge in [-0.1, -0.05) is 37.6 Å². The molecule has 0 saturated heterocycles. The van der Waals surface area contributed by atoms with E-state index in [0.717, 1.165) is 24.1 Å². The molecule has 0 aliphatic heterocycles. The van der Waals surface area contributed by atoms with Crippen LogP contribution >= 0.6 is 0 Å². The van der Waals surface area contributed by atoms with E-state index in [4.69, 9.17) is 0 Å². The summed E-state index contributed by atoms with van der Waals surface area (Å²) >= 11 is 0. The van der Waals surface area contributed by atoms with E-state index in [2.05, 4.69) is 6.92 Å². The predicted molar refractivity (Wildman–Crippen MR) is 99.9 cm³/mol. The second-order valence-corrected chi connectivity index (χ2v) is 8.26. The fourth-order valence-corrected chi connectivity index (χ4v) is 3.70. The number of benzene rings is 2. The molecule has 0 aromatic heterocycles. The van der Waals surface area contributed by atoms with E-state index in [1.807, 2.05) is 55.4 Å². The first-order chi connectivity index (χ1) is 11.3. The van der Waals surface area contributed by atoms with Crippen LogP contribution in [0.4, 0.5) is 5.69 Å². The lowest BCUT2D eigenvalue weighted by Crippen LogP contribution is -2.26. The first-order valence-electron chi connectivity index (χ1n) is 8.16. The quantitative estimate of drug-likeness (QED) is 0.770. The van der Waals surface area contributed by atoms with Gasteiger partial charge in [-0.05, 0) is 41.8 Å². The van der Waals surface area contributed by atoms with E-state index in [9.17, 15) is 8.42 Å². The second-order valence-electron chi connectivity index (χ2n) is 6.22. The zero-order chi connectivity index (χ0) is 17.7. The lowest BCUT2D eigenvalue weighted by atomic mass is 10.1. The maximum absolute atomic E-state index is 12.7. The Balaban J connectivity index is 2.13. The van der Waals surface area contributed by atoms with Crippen molar-refractivity contribution in [1.82, 2.24) is 4.31 Å². The van der Waals surface area contributed by atoms with Crippen LogP contribution in [0.1, 0.15) is 24.5 Å². The van der Waals surface area contributed by atoms with Gasteiger partial charge in [-0.3, -0.25) is 0 Å². The Labute approximate surface area is 145 Å². The Bertz CT molecular complexity index is 751. The SMILES string of the molecule is CCCc1ccc(S(=O)(=O)N(C)Cc2ccc(N(C)C)cc2)cc1. The molecule has 0 aliphatic rings. The molecule has 0 fully saturated rings. The van der Waals surface area contributed by atoms with Crippen LogP contribution in [0.25, 0.3) is 0 Å². The summed E-state index contributed by atoms with van der Waals surface area (Å²) < 4.78 is 26.8. The Morgan fingerprint density at radius 1 is 0.833 bits per heavy atom. The molecule has 130 valence electrons. The molecule has 0 amide bonds. The van der Waals surface area contributed by atoms with E-state index >= 15 is 0 Å². The lowest BCUT2D eigenvalue weighted by molar-refractivity contribution is 0.466. The van der Waals surface area contributed by atoms with Crippen LogP contribution in [-0.2, 0) is 23.0 Å². The third kappa shape index (κ3) is 4.36. The van der Waals surface area contributed by atoms with Crippen LogP contribution in [0.15, 0.2) is 53.4 Å². The molecule has 5 heteroatoms. The number of rotatable bonds is 7. The number of anilines is 1. The Hall–Kier alpha value is -1.85. The molecule has 0 bridgehead atoms. The van der Waals surface area contributed by atoms with E-state index in [1.54, 1.807) is 19.2 Å². The first-order valence-corrected chi connectivity index (χ1v) is 9.60. The van der Waals surface area contributed by atoms with Crippen molar-refractivity contribution in [2.45, 2.75) is 31.2 Å². The smallest absolute Gasteiger partial charge is 0.243 e. The molecule has 2 rings (SSSR count). The van der Waals surface area contributed by atoms with Crippen molar-refractivity contribution in [3.8, 4) is 0 Å². The number of hydrogen-bond acceptors (Lipinski definition) is 3. The van der Waals surface area contributed by atoms with Gasteiger partial charge in [0.15, 0.2) is 0 Å². The average Bonchev–Trinajstić information content (AvgIpc) is 2.56. The topological polar surface area (TPSA) is 40.6 Å². The molecular formula is C19H26N2O2S. The zero-order valence-electron chi connectivity index (χ0n) is 14.9. The highest BCUT2D eigenvalue weighted by Gasteiger charge is 2.20. The highest BCUT2D eigenvalue weighted by molar-refractivity contribution is 7.89. The molecule has 2 aromatic carbocycles. The fourth-order valence-electron chi connectivity index (χ4n) is 2.54. The number of sulfonamides is 1. The summed E-state index contributed by atoms with van der Waals surface area (Å²) in [6.07, 6.45) is 2.02. The number of aryl methyl sites for hydroxylation is 1. The van der Waals surface area contributed by atoms with Crippen molar-refractivity contribution >= 4 is 15.7 Å². The van der Waals surface area contributed by atoms with Crippen LogP contribution in [0.5, 0.6) is 0 Å². The molecular weight excluding hydrogens is 320 g/mol. The monoisotopic (exact) mass is 346 g/mol. The van der Waals surface area contributed by atoms with Crippen molar-refractivity contribution in [2.24, 2.45) is 0 Å². The molecule has 0 N–H and O–H groups in total. The fraction of sp³-hybridized carbons (Fsp3) is 0.368. The minimum Gasteiger partial charge on any atom is -0.378 e. The minimum absolute atomic E-state index is 0.342. The highest BCUT2D eigenvalue weighted by Crippen LogP contribution is 2.19. The maximum Gasteiger partial charge on any atom is 0.243 e. The minimum atomic E-state index is -3.47. The van der Waals surface area contributed by atoms with Gasteiger partial charge in [0.05, 0.1) is 4.90 Å². The summed E-state index contributed by atoms with van der Waals surface area (Å²) in [6, 6.07) is 15.1. The molecule has 0 atom stereocenters. The summed E-state index contributed by atoms with van der Waals surface area (Å²) in [6.45, 7) is 2.47. The van der Waals surface area contributed by atoms with Gasteiger partial charge >= 0.3 is 0 Å². The standard InChI is InChI=1S/C19H26N2O2S/c1-5-6-16-9-13-19(14-10-16)24(22,23)21(4)15-17-7-11-18(12-8-17)20(2)3/h7-14H,5-6,15H2,1-4H3. The zero-order valence-corrected chi connectivity index (χ0v) is 15.7. The van der Waals surface area contributed by atoms with Gasteiger partial charge in [-0.25, -0.2) is 8.42 Å². The molecule has 0 saturated carbocycles. The second kappa shape index (κ2) is 7.81. The Morgan fingerprint density at radius 3 is 1.88 bits per heavy atom. The maximum atomic E-state index is 12.7. The van der Waals surface area contributed by atoms with Gasteiger partial charge in [0.25, 0.3) is 0 Å². The van der Waals surface area contributed by atoms with E-state index in [-0.39, 0.29) is 0 Å². The van der Waals surface area contributed by atoms with Crippen molar-refractivity contribution in [3.05, 3.63) is 59.7 Å². The van der Waals surface area contributed by atoms with Crippen LogP contribution in [0.3, 0.4) is 0 Å². The van der Waals surface area contributed by atoms with Gasteiger partial charge in [0, 0.05) is 33.4 Å². The predicted octanol–water partition coefficient (Wildman–Crippen LogP) is 3.53. The summed E-state index contributed by atoms with van der Waals surface area (Å²) in [5.41, 5.74) is 3.23. The third-order valence-electron chi connectivity index (χ3n) is 4.03. The first kappa shape index (κ1) is 18.5. The van der Waals surface area contributed by atoms with Gasteiger partial charge in [-0.2, -0.15) is 4.31 Å². The van der Waals surface area contributed by atoms with Crippen LogP contribution in [0.2, 0.25) is 0 Å². The summed E-state index contributed by atoms with van der Waals surface area (Å²) in [4.78, 5) is 2.36. The average molecular weight is 346 g/mol. The highest BCUT2D eigenvalue weighted by atomic mass is 32.2. The molecule has 0 aliphatic carbocycles. The van der Waals surface area contributed by atoms with E-state index in [0.29, 0.717) is 11.4 Å². The number of nitrogens with zero attached hydrogens (tertiary/aromatic N) is 2. The molecule has 24 heavy (non-hydrogen) atoms. The molecule has 0 unspecified atom stereocenters. The summed E-state index contributed by atoms with van der Waals surface area (Å²) in [7, 11) is 2.11. The van der Waals surface area contributed by atoms with Crippen molar-refractivity contribution in [3.63, 3.8) is 0 Å². The van der Waals surface area contributed by atoms with Gasteiger partial charge in [-0.15, -0.1) is 0 Å². The third-order valence-corrected chi connectivity index (χ3v) is 5.85. The molecule has 0 radical (unpaired) electrons. The van der Waals surface area contributed by atoms with Gasteiger partial charge in [0.1, 0.15) is 0 Å². The van der Waals surface area contributed by atoms with Gasteiger partial charge in [0.2, 0.25) is 10.0 Å². The normalized spacial score (nSPS) is 11.7. The molecule has 2 aromatic rings. The van der Waals surface area contributed by atoms with Gasteiger partial charge < -0.3 is 4.90 Å². The summed E-state index contributed by atoms with van der Waals surface area (Å²) in [5.74, 6) is 0. The molecule has 0 heterocycles. The van der Waals surface area contributed by atoms with Crippen LogP contribution in [-0.4, -0.2) is 33.9 Å². The van der Waals surface area contributed by atoms with Crippen molar-refractivity contribution in [1.29, 1.82) is 0 Å². The van der Waals surface area contributed by atoms with Crippen LogP contribution < -0.4 is 4.90 Å². The molecule has 4 nitrogen and oxygen atoms in total. The lowest BCUT2D eigenvalue weighted by Gasteiger charge is -2.18. The van der Waals surface area contributed by atoms with Crippen molar-refractivity contribution < 1.29 is 8.42 Å². The van der Waals surface area contributed by atoms with E-state index in [1.165, 1.54) is 9.87 Å². The molecule has 0 spiro atoms. The Morgan fingerprint density at radius 2 is 1.38 bits per heavy atom. The Kier molecular flexibility index (Phi) is 6.02.